The van der Waals surface area contributed by atoms with E-state index in [1.807, 2.05) is 6.07 Å². The third-order valence-corrected chi connectivity index (χ3v) is 4.70. The van der Waals surface area contributed by atoms with Crippen LogP contribution in [0.5, 0.6) is 11.5 Å². The van der Waals surface area contributed by atoms with Gasteiger partial charge >= 0.3 is 0 Å². The topological polar surface area (TPSA) is 120 Å². The molecule has 1 amide bonds. The molecule has 1 heterocycles. The number of para-hydroxylation sites is 1. The van der Waals surface area contributed by atoms with E-state index in [1.54, 1.807) is 36.4 Å². The van der Waals surface area contributed by atoms with Crippen LogP contribution in [-0.2, 0) is 0 Å². The van der Waals surface area contributed by atoms with Crippen molar-refractivity contribution in [2.24, 2.45) is 22.2 Å². The van der Waals surface area contributed by atoms with Crippen LogP contribution in [0.4, 0.5) is 5.69 Å². The highest BCUT2D eigenvalue weighted by molar-refractivity contribution is 6.32. The Kier molecular flexibility index (Phi) is 5.83. The number of aliphatic imine (C=N–C) groups is 1. The molecule has 1 fully saturated rings. The van der Waals surface area contributed by atoms with Crippen molar-refractivity contribution in [3.05, 3.63) is 53.1 Å². The third kappa shape index (κ3) is 4.69. The molecular weight excluding hydrogens is 366 g/mol. The Balaban J connectivity index is 1.95. The van der Waals surface area contributed by atoms with Crippen molar-refractivity contribution in [1.29, 1.82) is 0 Å². The number of anilines is 1. The van der Waals surface area contributed by atoms with Crippen molar-refractivity contribution in [3.63, 3.8) is 0 Å². The Bertz CT molecular complexity index is 859. The lowest BCUT2D eigenvalue weighted by atomic mass is 10.0. The number of carbonyl (C=O) groups is 1. The highest BCUT2D eigenvalue weighted by Gasteiger charge is 2.20. The van der Waals surface area contributed by atoms with Gasteiger partial charge in [-0.05, 0) is 43.2 Å². The second-order valence-electron chi connectivity index (χ2n) is 6.38. The molecule has 2 aromatic rings. The molecule has 1 aliphatic rings. The van der Waals surface area contributed by atoms with Gasteiger partial charge in [0.15, 0.2) is 5.96 Å². The fourth-order valence-electron chi connectivity index (χ4n) is 2.95. The van der Waals surface area contributed by atoms with E-state index in [-0.39, 0.29) is 17.6 Å². The van der Waals surface area contributed by atoms with Gasteiger partial charge in [0.05, 0.1) is 10.6 Å². The Morgan fingerprint density at radius 1 is 1.11 bits per heavy atom. The van der Waals surface area contributed by atoms with E-state index in [0.717, 1.165) is 31.6 Å². The summed E-state index contributed by atoms with van der Waals surface area (Å²) in [7, 11) is 0. The molecule has 0 radical (unpaired) electrons. The quantitative estimate of drug-likeness (QED) is 0.547. The van der Waals surface area contributed by atoms with E-state index in [1.165, 1.54) is 0 Å². The van der Waals surface area contributed by atoms with Gasteiger partial charge in [-0.25, -0.2) is 0 Å². The van der Waals surface area contributed by atoms with Gasteiger partial charge in [0.25, 0.3) is 5.91 Å². The average Bonchev–Trinajstić information content (AvgIpc) is 2.64. The average molecular weight is 388 g/mol. The molecule has 1 saturated heterocycles. The number of benzene rings is 2. The summed E-state index contributed by atoms with van der Waals surface area (Å²) in [4.78, 5) is 18.4. The first kappa shape index (κ1) is 19.0. The Hall–Kier alpha value is -2.77. The molecule has 6 N–H and O–H groups in total. The van der Waals surface area contributed by atoms with Crippen LogP contribution in [0, 0.1) is 0 Å². The molecule has 0 bridgehead atoms. The molecule has 1 aliphatic heterocycles. The third-order valence-electron chi connectivity index (χ3n) is 4.39. The maximum Gasteiger partial charge on any atom is 0.284 e. The van der Waals surface area contributed by atoms with Crippen LogP contribution < -0.4 is 26.8 Å². The highest BCUT2D eigenvalue weighted by atomic mass is 35.5. The SMILES string of the molecule is NC(N)=NC(=O)c1cc(N2CCC(N)CC2)ccc1Oc1ccccc1Cl. The van der Waals surface area contributed by atoms with Crippen LogP contribution in [0.2, 0.25) is 5.02 Å². The normalized spacial score (nSPS) is 14.7. The summed E-state index contributed by atoms with van der Waals surface area (Å²) < 4.78 is 5.86. The number of carbonyl (C=O) groups excluding carboxylic acids is 1. The standard InChI is InChI=1S/C19H22ClN5O2/c20-15-3-1-2-4-17(15)27-16-6-5-13(25-9-7-12(21)8-10-25)11-14(16)18(26)24-19(22)23/h1-6,11-12H,7-10,21H2,(H4,22,23,24,26). The maximum atomic E-state index is 12.5. The minimum atomic E-state index is -0.576. The van der Waals surface area contributed by atoms with Crippen LogP contribution in [0.15, 0.2) is 47.5 Å². The number of halogens is 1. The van der Waals surface area contributed by atoms with Crippen molar-refractivity contribution in [2.45, 2.75) is 18.9 Å². The number of piperidine rings is 1. The Labute approximate surface area is 162 Å². The van der Waals surface area contributed by atoms with Crippen LogP contribution in [0.3, 0.4) is 0 Å². The summed E-state index contributed by atoms with van der Waals surface area (Å²) in [5, 5.41) is 0.437. The number of ether oxygens (including phenoxy) is 1. The zero-order chi connectivity index (χ0) is 19.4. The van der Waals surface area contributed by atoms with Gasteiger partial charge in [-0.15, -0.1) is 0 Å². The molecule has 0 unspecified atom stereocenters. The fraction of sp³-hybridized carbons (Fsp3) is 0.263. The highest BCUT2D eigenvalue weighted by Crippen LogP contribution is 2.34. The van der Waals surface area contributed by atoms with E-state index >= 15 is 0 Å². The van der Waals surface area contributed by atoms with Crippen molar-refractivity contribution in [1.82, 2.24) is 0 Å². The number of nitrogens with zero attached hydrogens (tertiary/aromatic N) is 2. The van der Waals surface area contributed by atoms with Crippen molar-refractivity contribution in [2.75, 3.05) is 18.0 Å². The summed E-state index contributed by atoms with van der Waals surface area (Å²) in [5.41, 5.74) is 17.9. The molecule has 7 nitrogen and oxygen atoms in total. The number of rotatable bonds is 4. The first-order valence-electron chi connectivity index (χ1n) is 8.65. The molecule has 3 rings (SSSR count). The Morgan fingerprint density at radius 2 is 1.81 bits per heavy atom. The molecule has 142 valence electrons. The monoisotopic (exact) mass is 387 g/mol. The lowest BCUT2D eigenvalue weighted by Crippen LogP contribution is -2.39. The van der Waals surface area contributed by atoms with Crippen LogP contribution in [-0.4, -0.2) is 31.0 Å². The summed E-state index contributed by atoms with van der Waals surface area (Å²) in [6.45, 7) is 1.64. The smallest absolute Gasteiger partial charge is 0.284 e. The maximum absolute atomic E-state index is 12.5. The fourth-order valence-corrected chi connectivity index (χ4v) is 3.13. The summed E-state index contributed by atoms with van der Waals surface area (Å²) in [6, 6.07) is 12.6. The molecule has 27 heavy (non-hydrogen) atoms. The van der Waals surface area contributed by atoms with Gasteiger partial charge in [0.1, 0.15) is 11.5 Å². The minimum absolute atomic E-state index is 0.215. The number of hydrogen-bond donors (Lipinski definition) is 3. The zero-order valence-corrected chi connectivity index (χ0v) is 15.5. The second kappa shape index (κ2) is 8.28. The van der Waals surface area contributed by atoms with Crippen LogP contribution in [0.1, 0.15) is 23.2 Å². The lowest BCUT2D eigenvalue weighted by molar-refractivity contribution is 0.100. The lowest BCUT2D eigenvalue weighted by Gasteiger charge is -2.32. The van der Waals surface area contributed by atoms with Gasteiger partial charge in [-0.1, -0.05) is 23.7 Å². The number of nitrogens with two attached hydrogens (primary N) is 3. The Morgan fingerprint density at radius 3 is 2.48 bits per heavy atom. The van der Waals surface area contributed by atoms with Crippen molar-refractivity contribution in [3.8, 4) is 11.5 Å². The molecule has 8 heteroatoms. The second-order valence-corrected chi connectivity index (χ2v) is 6.79. The van der Waals surface area contributed by atoms with Gasteiger partial charge < -0.3 is 26.8 Å². The van der Waals surface area contributed by atoms with Gasteiger partial charge in [0, 0.05) is 24.8 Å². The molecule has 0 atom stereocenters. The first-order chi connectivity index (χ1) is 12.9. The van der Waals surface area contributed by atoms with E-state index < -0.39 is 5.91 Å². The predicted molar refractivity (Wildman–Crippen MR) is 108 cm³/mol. The first-order valence-corrected chi connectivity index (χ1v) is 9.03. The molecule has 0 saturated carbocycles. The molecule has 0 aromatic heterocycles. The largest absolute Gasteiger partial charge is 0.455 e. The van der Waals surface area contributed by atoms with Gasteiger partial charge in [0.2, 0.25) is 0 Å². The molecule has 2 aromatic carbocycles. The van der Waals surface area contributed by atoms with E-state index in [2.05, 4.69) is 9.89 Å². The van der Waals surface area contributed by atoms with E-state index in [9.17, 15) is 4.79 Å². The minimum Gasteiger partial charge on any atom is -0.455 e. The number of amides is 1. The summed E-state index contributed by atoms with van der Waals surface area (Å²) in [6.07, 6.45) is 1.80. The number of guanidine groups is 1. The van der Waals surface area contributed by atoms with Crippen molar-refractivity contribution >= 4 is 29.2 Å². The van der Waals surface area contributed by atoms with Crippen LogP contribution >= 0.6 is 11.6 Å². The molecule has 0 spiro atoms. The summed E-state index contributed by atoms with van der Waals surface area (Å²) in [5.74, 6) is -0.115. The van der Waals surface area contributed by atoms with Crippen LogP contribution in [0.25, 0.3) is 0 Å². The molecular formula is C19H22ClN5O2. The van der Waals surface area contributed by atoms with Crippen molar-refractivity contribution < 1.29 is 9.53 Å². The van der Waals surface area contributed by atoms with E-state index in [0.29, 0.717) is 16.5 Å². The van der Waals surface area contributed by atoms with E-state index in [4.69, 9.17) is 33.5 Å². The zero-order valence-electron chi connectivity index (χ0n) is 14.8. The number of hydrogen-bond acceptors (Lipinski definition) is 4. The predicted octanol–water partition coefficient (Wildman–Crippen LogP) is 2.47. The van der Waals surface area contributed by atoms with Gasteiger partial charge in [-0.3, -0.25) is 4.79 Å². The van der Waals surface area contributed by atoms with Gasteiger partial charge in [-0.2, -0.15) is 4.99 Å². The molecule has 0 aliphatic carbocycles. The summed E-state index contributed by atoms with van der Waals surface area (Å²) >= 11 is 6.16.